The SMILES string of the molecule is O=C1NC(=O)C2C1C=CC(C(O)CCc1ccccc1)N2Nc1ccccn1. The van der Waals surface area contributed by atoms with E-state index in [0.717, 1.165) is 5.56 Å². The molecular weight excluding hydrogens is 356 g/mol. The van der Waals surface area contributed by atoms with E-state index in [-0.39, 0.29) is 11.8 Å². The minimum atomic E-state index is -0.726. The standard InChI is InChI=1S/C21H22N4O3/c26-17(12-9-14-6-2-1-3-7-14)16-11-10-15-19(21(28)23-20(15)27)25(16)24-18-8-4-5-13-22-18/h1-8,10-11,13,15-17,19,26H,9,12H2,(H,22,24)(H,23,27,28). The number of aliphatic hydroxyl groups excluding tert-OH is 1. The van der Waals surface area contributed by atoms with Gasteiger partial charge in [-0.25, -0.2) is 4.98 Å². The lowest BCUT2D eigenvalue weighted by atomic mass is 9.91. The summed E-state index contributed by atoms with van der Waals surface area (Å²) in [6.07, 6.45) is 5.66. The summed E-state index contributed by atoms with van der Waals surface area (Å²) in [6.45, 7) is 0. The summed E-state index contributed by atoms with van der Waals surface area (Å²) in [5.41, 5.74) is 4.27. The van der Waals surface area contributed by atoms with Gasteiger partial charge in [0.1, 0.15) is 11.9 Å². The Hall–Kier alpha value is -3.03. The third-order valence-electron chi connectivity index (χ3n) is 5.17. The molecule has 28 heavy (non-hydrogen) atoms. The van der Waals surface area contributed by atoms with Crippen molar-refractivity contribution < 1.29 is 14.7 Å². The molecule has 7 heteroatoms. The third kappa shape index (κ3) is 3.67. The van der Waals surface area contributed by atoms with Gasteiger partial charge in [-0.1, -0.05) is 48.6 Å². The molecule has 0 spiro atoms. The molecule has 7 nitrogen and oxygen atoms in total. The summed E-state index contributed by atoms with van der Waals surface area (Å²) in [7, 11) is 0. The molecule has 1 saturated heterocycles. The molecule has 3 N–H and O–H groups in total. The molecule has 1 aromatic carbocycles. The van der Waals surface area contributed by atoms with E-state index in [1.54, 1.807) is 35.5 Å². The van der Waals surface area contributed by atoms with Gasteiger partial charge >= 0.3 is 0 Å². The molecule has 2 amide bonds. The lowest BCUT2D eigenvalue weighted by Gasteiger charge is -2.40. The summed E-state index contributed by atoms with van der Waals surface area (Å²) in [6, 6.07) is 14.1. The Morgan fingerprint density at radius 3 is 2.61 bits per heavy atom. The van der Waals surface area contributed by atoms with Crippen LogP contribution >= 0.6 is 0 Å². The van der Waals surface area contributed by atoms with Crippen LogP contribution in [0.2, 0.25) is 0 Å². The largest absolute Gasteiger partial charge is 0.391 e. The summed E-state index contributed by atoms with van der Waals surface area (Å²) in [5, 5.41) is 14.9. The van der Waals surface area contributed by atoms with Crippen molar-refractivity contribution in [1.29, 1.82) is 0 Å². The number of aryl methyl sites for hydroxylation is 1. The molecule has 2 aromatic rings. The molecule has 1 fully saturated rings. The molecular formula is C21H22N4O3. The zero-order valence-electron chi connectivity index (χ0n) is 15.2. The number of aromatic nitrogens is 1. The number of nitrogens with one attached hydrogen (secondary N) is 2. The van der Waals surface area contributed by atoms with Crippen LogP contribution < -0.4 is 10.7 Å². The maximum atomic E-state index is 12.4. The second-order valence-corrected chi connectivity index (χ2v) is 7.03. The molecule has 4 unspecified atom stereocenters. The zero-order chi connectivity index (χ0) is 19.5. The number of carbonyl (C=O) groups excluding carboxylic acids is 2. The zero-order valence-corrected chi connectivity index (χ0v) is 15.2. The van der Waals surface area contributed by atoms with Crippen LogP contribution in [0.25, 0.3) is 0 Å². The van der Waals surface area contributed by atoms with E-state index in [2.05, 4.69) is 15.7 Å². The number of hydrazine groups is 1. The van der Waals surface area contributed by atoms with Gasteiger partial charge in [0.25, 0.3) is 0 Å². The number of hydrogen-bond donors (Lipinski definition) is 3. The van der Waals surface area contributed by atoms with Gasteiger partial charge in [0, 0.05) is 6.20 Å². The van der Waals surface area contributed by atoms with Gasteiger partial charge in [0.2, 0.25) is 11.8 Å². The average molecular weight is 378 g/mol. The van der Waals surface area contributed by atoms with Crippen LogP contribution in [0.5, 0.6) is 0 Å². The molecule has 0 aliphatic carbocycles. The van der Waals surface area contributed by atoms with Gasteiger partial charge in [-0.2, -0.15) is 5.01 Å². The minimum absolute atomic E-state index is 0.323. The molecule has 1 aromatic heterocycles. The molecule has 4 rings (SSSR count). The summed E-state index contributed by atoms with van der Waals surface area (Å²) in [5.74, 6) is -0.732. The third-order valence-corrected chi connectivity index (χ3v) is 5.17. The summed E-state index contributed by atoms with van der Waals surface area (Å²) in [4.78, 5) is 28.7. The fourth-order valence-corrected chi connectivity index (χ4v) is 3.74. The highest BCUT2D eigenvalue weighted by Crippen LogP contribution is 2.29. The average Bonchev–Trinajstić information content (AvgIpc) is 3.02. The highest BCUT2D eigenvalue weighted by molar-refractivity contribution is 6.08. The smallest absolute Gasteiger partial charge is 0.246 e. The van der Waals surface area contributed by atoms with Crippen molar-refractivity contribution in [1.82, 2.24) is 15.3 Å². The van der Waals surface area contributed by atoms with Crippen LogP contribution in [0.3, 0.4) is 0 Å². The molecule has 0 radical (unpaired) electrons. The molecule has 2 aliphatic heterocycles. The fourth-order valence-electron chi connectivity index (χ4n) is 3.74. The number of benzene rings is 1. The Labute approximate surface area is 163 Å². The number of fused-ring (bicyclic) bond motifs is 1. The molecule has 2 aliphatic rings. The van der Waals surface area contributed by atoms with Crippen LogP contribution in [0.4, 0.5) is 5.82 Å². The lowest BCUT2D eigenvalue weighted by Crippen LogP contribution is -2.57. The van der Waals surface area contributed by atoms with Gasteiger partial charge in [-0.3, -0.25) is 14.9 Å². The molecule has 0 saturated carbocycles. The van der Waals surface area contributed by atoms with E-state index in [4.69, 9.17) is 0 Å². The van der Waals surface area contributed by atoms with Crippen molar-refractivity contribution in [2.75, 3.05) is 5.43 Å². The van der Waals surface area contributed by atoms with Gasteiger partial charge in [-0.15, -0.1) is 0 Å². The quantitative estimate of drug-likeness (QED) is 0.518. The number of anilines is 1. The van der Waals surface area contributed by atoms with Crippen molar-refractivity contribution >= 4 is 17.6 Å². The Kier molecular flexibility index (Phi) is 5.18. The first-order valence-corrected chi connectivity index (χ1v) is 9.34. The number of amides is 2. The van der Waals surface area contributed by atoms with Crippen molar-refractivity contribution in [3.05, 3.63) is 72.4 Å². The van der Waals surface area contributed by atoms with Crippen LogP contribution in [0.15, 0.2) is 66.9 Å². The Bertz CT molecular complexity index is 872. The lowest BCUT2D eigenvalue weighted by molar-refractivity contribution is -0.126. The van der Waals surface area contributed by atoms with Crippen LogP contribution in [-0.2, 0) is 16.0 Å². The molecule has 3 heterocycles. The normalized spacial score (nSPS) is 25.2. The van der Waals surface area contributed by atoms with Crippen molar-refractivity contribution in [2.24, 2.45) is 5.92 Å². The first-order valence-electron chi connectivity index (χ1n) is 9.34. The number of pyridine rings is 1. The number of rotatable bonds is 6. The van der Waals surface area contributed by atoms with Gasteiger partial charge < -0.3 is 10.5 Å². The van der Waals surface area contributed by atoms with E-state index in [1.807, 2.05) is 36.4 Å². The summed E-state index contributed by atoms with van der Waals surface area (Å²) >= 11 is 0. The molecule has 0 bridgehead atoms. The predicted octanol–water partition coefficient (Wildman–Crippen LogP) is 1.28. The van der Waals surface area contributed by atoms with Gasteiger partial charge in [0.15, 0.2) is 0 Å². The number of hydrogen-bond acceptors (Lipinski definition) is 6. The second-order valence-electron chi connectivity index (χ2n) is 7.03. The van der Waals surface area contributed by atoms with E-state index >= 15 is 0 Å². The van der Waals surface area contributed by atoms with Gasteiger partial charge in [-0.05, 0) is 30.5 Å². The highest BCUT2D eigenvalue weighted by Gasteiger charge is 2.49. The van der Waals surface area contributed by atoms with Gasteiger partial charge in [0.05, 0.1) is 18.1 Å². The van der Waals surface area contributed by atoms with E-state index < -0.39 is 24.1 Å². The Morgan fingerprint density at radius 1 is 1.07 bits per heavy atom. The second kappa shape index (κ2) is 7.92. The number of aliphatic hydroxyl groups is 1. The van der Waals surface area contributed by atoms with Crippen LogP contribution in [0.1, 0.15) is 12.0 Å². The number of nitrogens with zero attached hydrogens (tertiary/aromatic N) is 2. The first-order chi connectivity index (χ1) is 13.6. The van der Waals surface area contributed by atoms with E-state index in [0.29, 0.717) is 18.7 Å². The van der Waals surface area contributed by atoms with E-state index in [1.165, 1.54) is 0 Å². The number of imide groups is 1. The predicted molar refractivity (Wildman–Crippen MR) is 104 cm³/mol. The number of carbonyl (C=O) groups is 2. The maximum absolute atomic E-state index is 12.4. The monoisotopic (exact) mass is 378 g/mol. The van der Waals surface area contributed by atoms with Crippen LogP contribution in [-0.4, -0.2) is 45.1 Å². The molecule has 144 valence electrons. The molecule has 4 atom stereocenters. The topological polar surface area (TPSA) is 94.6 Å². The first kappa shape index (κ1) is 18.3. The van der Waals surface area contributed by atoms with Crippen molar-refractivity contribution in [3.63, 3.8) is 0 Å². The maximum Gasteiger partial charge on any atom is 0.246 e. The minimum Gasteiger partial charge on any atom is -0.391 e. The Balaban J connectivity index is 1.56. The Morgan fingerprint density at radius 2 is 1.86 bits per heavy atom. The fraction of sp³-hybridized carbons (Fsp3) is 0.286. The van der Waals surface area contributed by atoms with E-state index in [9.17, 15) is 14.7 Å². The van der Waals surface area contributed by atoms with Crippen molar-refractivity contribution in [3.8, 4) is 0 Å². The highest BCUT2D eigenvalue weighted by atomic mass is 16.3. The van der Waals surface area contributed by atoms with Crippen LogP contribution in [0, 0.1) is 5.92 Å². The summed E-state index contributed by atoms with van der Waals surface area (Å²) < 4.78 is 0. The van der Waals surface area contributed by atoms with Crippen molar-refractivity contribution in [2.45, 2.75) is 31.0 Å².